The van der Waals surface area contributed by atoms with E-state index in [0.717, 1.165) is 155 Å². The first-order chi connectivity index (χ1) is 66.9. The Morgan fingerprint density at radius 2 is 0.608 bits per heavy atom. The van der Waals surface area contributed by atoms with Gasteiger partial charge in [0.1, 0.15) is 106 Å². The minimum atomic E-state index is -2.26. The molecule has 25 aromatic rings. The number of hydrogen-bond acceptors (Lipinski definition) is 10. The fourth-order valence-electron chi connectivity index (χ4n) is 19.2. The third-order valence-corrected chi connectivity index (χ3v) is 25.8. The SMILES string of the molecule is Cc1cc2c(oc3ccc4ccccc4c32)c(-c2ccnc[n+]2C)c1C.Cc1cc2c(oc3ccc4ccccc4c32)c(-c2cncc[n+]2C)c1C.[2H]C([2H])([2H])c1c[n+](C)c(-c2c(C)ccc3c2oc2ccc4ccccc4c23)cn1.[2H]C([2H])([2H])c1cc(C)c(-c2ccnc[n+]2C)c2oc3ccc4ccccc4c3c12.[2H]C([2H])([2H])c1cc(C)c(-c2cncc[n+]2C)c2oc3ccc4ccccc4c3c12. The summed E-state index contributed by atoms with van der Waals surface area (Å²) in [6.07, 6.45) is 21.4. The lowest BCUT2D eigenvalue weighted by molar-refractivity contribution is -0.663. The van der Waals surface area contributed by atoms with Gasteiger partial charge in [-0.2, -0.15) is 13.7 Å². The van der Waals surface area contributed by atoms with Crippen LogP contribution in [-0.2, 0) is 35.2 Å². The molecule has 0 spiro atoms. The Hall–Kier alpha value is -16.0. The van der Waals surface area contributed by atoms with Crippen molar-refractivity contribution in [3.8, 4) is 56.3 Å². The zero-order valence-corrected chi connectivity index (χ0v) is 73.9. The summed E-state index contributed by atoms with van der Waals surface area (Å²) in [6.45, 7) is 7.77. The summed E-state index contributed by atoms with van der Waals surface area (Å²) in [7, 11) is 9.76. The van der Waals surface area contributed by atoms with Crippen LogP contribution in [0.4, 0.5) is 0 Å². The molecule has 0 aliphatic rings. The van der Waals surface area contributed by atoms with Crippen molar-refractivity contribution in [1.29, 1.82) is 0 Å². The predicted octanol–water partition coefficient (Wildman–Crippen LogP) is 26.2. The Labute approximate surface area is 763 Å². The molecule has 15 nitrogen and oxygen atoms in total. The second kappa shape index (κ2) is 32.5. The van der Waals surface area contributed by atoms with Crippen LogP contribution >= 0.6 is 0 Å². The highest BCUT2D eigenvalue weighted by molar-refractivity contribution is 6.26. The molecule has 0 atom stereocenters. The summed E-state index contributed by atoms with van der Waals surface area (Å²) in [5.74, 6) is 0. The molecule has 15 heteroatoms. The molecule has 0 N–H and O–H groups in total. The van der Waals surface area contributed by atoms with E-state index in [4.69, 9.17) is 34.4 Å². The van der Waals surface area contributed by atoms with Crippen LogP contribution in [0.2, 0.25) is 0 Å². The molecule has 10 heterocycles. The van der Waals surface area contributed by atoms with Gasteiger partial charge in [-0.3, -0.25) is 9.97 Å². The van der Waals surface area contributed by atoms with Crippen molar-refractivity contribution in [1.82, 2.24) is 24.9 Å². The average Bonchev–Trinajstić information content (AvgIpc) is 1.44. The van der Waals surface area contributed by atoms with Gasteiger partial charge in [0, 0.05) is 78.3 Å². The standard InChI is InChI=1S/5C23H19N2O/c1-14-8-10-18-22-17-7-5-4-6-16(17)9-11-20(22)26-23(18)21(14)19-12-24-15(2)13-25(19)3;1-14-12-18-22-17-7-5-4-6-16(17)8-9-20(22)26-23(18)21(15(14)2)19-13-24-10-11-25(19)3;1-14-12-18-22-17-7-5-4-6-16(17)8-9-20(22)26-23(18)21(15(14)2)19-10-11-24-13-25(19)3;1-14-12-15(2)21-22-17-7-5-4-6-16(17)8-9-19(22)26-23(21)20(14)18-13-24-10-11-25(18)3;1-14-12-15(2)21-22-17-7-5-4-6-16(17)8-9-19(22)26-23(21)20(14)18-10-11-24-13-25(18)3/h5*4-13H,1-3H3/q5*+1/i2D3;;;2*2D3. The molecule has 0 bridgehead atoms. The normalized spacial score (nSPS) is 13.0. The number of benzene rings is 15. The van der Waals surface area contributed by atoms with Crippen LogP contribution in [0.5, 0.6) is 0 Å². The van der Waals surface area contributed by atoms with E-state index in [1.54, 1.807) is 55.6 Å². The monoisotopic (exact) mass is 1700 g/mol. The number of fused-ring (bicyclic) bond motifs is 25. The van der Waals surface area contributed by atoms with Crippen molar-refractivity contribution in [3.63, 3.8) is 0 Å². The van der Waals surface area contributed by atoms with E-state index in [-0.39, 0.29) is 5.69 Å². The molecule has 0 unspecified atom stereocenters. The van der Waals surface area contributed by atoms with Crippen molar-refractivity contribution >= 4 is 164 Å². The lowest BCUT2D eigenvalue weighted by Crippen LogP contribution is -2.31. The lowest BCUT2D eigenvalue weighted by atomic mass is 9.95. The topological polar surface area (TPSA) is 150 Å². The van der Waals surface area contributed by atoms with Crippen molar-refractivity contribution < 1.29 is 57.3 Å². The number of aromatic nitrogens is 10. The summed E-state index contributed by atoms with van der Waals surface area (Å²) in [5, 5.41) is 21.2. The molecule has 15 aromatic carbocycles. The van der Waals surface area contributed by atoms with Gasteiger partial charge in [0.2, 0.25) is 17.1 Å². The van der Waals surface area contributed by atoms with Crippen LogP contribution in [0.25, 0.3) is 220 Å². The summed E-state index contributed by atoms with van der Waals surface area (Å²) in [5.41, 5.74) is 26.1. The zero-order valence-electron chi connectivity index (χ0n) is 82.9. The first-order valence-corrected chi connectivity index (χ1v) is 43.2. The lowest BCUT2D eigenvalue weighted by Gasteiger charge is -2.09. The number of rotatable bonds is 5. The highest BCUT2D eigenvalue weighted by atomic mass is 16.3. The molecule has 10 aromatic heterocycles. The van der Waals surface area contributed by atoms with Crippen LogP contribution in [0.3, 0.4) is 0 Å². The minimum Gasteiger partial charge on any atom is -0.455 e. The highest BCUT2D eigenvalue weighted by Crippen LogP contribution is 2.48. The van der Waals surface area contributed by atoms with E-state index in [9.17, 15) is 0 Å². The van der Waals surface area contributed by atoms with E-state index in [0.29, 0.717) is 44.2 Å². The van der Waals surface area contributed by atoms with Gasteiger partial charge < -0.3 is 22.1 Å². The summed E-state index contributed by atoms with van der Waals surface area (Å²) >= 11 is 0. The van der Waals surface area contributed by atoms with E-state index in [1.165, 1.54) is 70.7 Å². The van der Waals surface area contributed by atoms with Crippen LogP contribution in [0.15, 0.2) is 327 Å². The van der Waals surface area contributed by atoms with Crippen LogP contribution in [-0.4, -0.2) is 24.9 Å². The molecule has 0 aliphatic carbocycles. The molecule has 0 aliphatic heterocycles. The van der Waals surface area contributed by atoms with E-state index in [1.807, 2.05) is 209 Å². The second-order valence-electron chi connectivity index (χ2n) is 33.8. The van der Waals surface area contributed by atoms with Gasteiger partial charge in [-0.05, 0) is 215 Å². The van der Waals surface area contributed by atoms with Crippen LogP contribution < -0.4 is 22.8 Å². The summed E-state index contributed by atoms with van der Waals surface area (Å²) in [4.78, 5) is 21.2. The van der Waals surface area contributed by atoms with Crippen molar-refractivity contribution in [3.05, 3.63) is 361 Å². The minimum absolute atomic E-state index is 0.0733. The van der Waals surface area contributed by atoms with Gasteiger partial charge in [-0.25, -0.2) is 14.1 Å². The maximum absolute atomic E-state index is 8.17. The molecular formula is C115H95N10O5+5. The summed E-state index contributed by atoms with van der Waals surface area (Å²) < 4.78 is 113. The molecule has 25 rings (SSSR count). The fourth-order valence-corrected chi connectivity index (χ4v) is 19.2. The first kappa shape index (κ1) is 71.2. The Bertz CT molecular complexity index is 8950. The molecule has 0 saturated heterocycles. The van der Waals surface area contributed by atoms with E-state index < -0.39 is 20.6 Å². The Morgan fingerprint density at radius 1 is 0.254 bits per heavy atom. The van der Waals surface area contributed by atoms with E-state index in [2.05, 4.69) is 172 Å². The van der Waals surface area contributed by atoms with Crippen molar-refractivity contribution in [2.24, 2.45) is 35.2 Å². The van der Waals surface area contributed by atoms with Gasteiger partial charge in [0.15, 0.2) is 18.6 Å². The van der Waals surface area contributed by atoms with Gasteiger partial charge >= 0.3 is 0 Å². The summed E-state index contributed by atoms with van der Waals surface area (Å²) in [6, 6.07) is 77.8. The molecule has 0 fully saturated rings. The molecule has 630 valence electrons. The first-order valence-electron chi connectivity index (χ1n) is 47.7. The number of hydrogen-bond donors (Lipinski definition) is 0. The molecule has 0 radical (unpaired) electrons. The van der Waals surface area contributed by atoms with Crippen LogP contribution in [0.1, 0.15) is 68.1 Å². The number of furan rings is 5. The molecule has 0 amide bonds. The van der Waals surface area contributed by atoms with Gasteiger partial charge in [0.25, 0.3) is 12.7 Å². The van der Waals surface area contributed by atoms with E-state index >= 15 is 0 Å². The van der Waals surface area contributed by atoms with Gasteiger partial charge in [-0.15, -0.1) is 0 Å². The van der Waals surface area contributed by atoms with Crippen molar-refractivity contribution in [2.45, 2.75) is 69.0 Å². The van der Waals surface area contributed by atoms with Crippen LogP contribution in [0, 0.1) is 69.0 Å². The molecule has 0 saturated carbocycles. The molecule has 130 heavy (non-hydrogen) atoms. The molecular weight excluding hydrogens is 1600 g/mol. The van der Waals surface area contributed by atoms with Gasteiger partial charge in [0.05, 0.1) is 72.9 Å². The number of aryl methyl sites for hydroxylation is 13. The average molecular weight is 1710 g/mol. The maximum atomic E-state index is 8.17. The smallest absolute Gasteiger partial charge is 0.286 e. The quantitative estimate of drug-likeness (QED) is 0.152. The van der Waals surface area contributed by atoms with Crippen molar-refractivity contribution in [2.75, 3.05) is 0 Å². The Morgan fingerprint density at radius 3 is 1.02 bits per heavy atom. The largest absolute Gasteiger partial charge is 0.455 e. The third-order valence-electron chi connectivity index (χ3n) is 25.8. The Kier molecular flexibility index (Phi) is 17.8. The van der Waals surface area contributed by atoms with Gasteiger partial charge in [-0.1, -0.05) is 186 Å². The fraction of sp³-hybridized carbons (Fsp3) is 0.130. The number of nitrogens with zero attached hydrogens (tertiary/aromatic N) is 10. The zero-order chi connectivity index (χ0) is 96.7. The maximum Gasteiger partial charge on any atom is 0.286 e. The highest BCUT2D eigenvalue weighted by Gasteiger charge is 2.30. The predicted molar refractivity (Wildman–Crippen MR) is 526 cm³/mol. The second-order valence-corrected chi connectivity index (χ2v) is 33.8. The Balaban J connectivity index is 0.000000103. The third kappa shape index (κ3) is 13.6.